The summed E-state index contributed by atoms with van der Waals surface area (Å²) in [5.74, 6) is 0.807. The van der Waals surface area contributed by atoms with Crippen molar-refractivity contribution >= 4 is 5.97 Å². The zero-order chi connectivity index (χ0) is 24.2. The molecule has 5 rings (SSSR count). The number of rotatable bonds is 1. The molecule has 0 aromatic carbocycles. The Morgan fingerprint density at radius 3 is 2.21 bits per heavy atom. The Morgan fingerprint density at radius 2 is 1.55 bits per heavy atom. The van der Waals surface area contributed by atoms with Crippen molar-refractivity contribution in [3.05, 3.63) is 11.6 Å². The molecular formula is C30H48O3. The van der Waals surface area contributed by atoms with Crippen molar-refractivity contribution in [2.24, 2.45) is 50.2 Å². The van der Waals surface area contributed by atoms with E-state index < -0.39 is 11.4 Å². The summed E-state index contributed by atoms with van der Waals surface area (Å²) >= 11 is 0. The molecule has 0 bridgehead atoms. The maximum Gasteiger partial charge on any atom is 0.310 e. The minimum atomic E-state index is -0.553. The van der Waals surface area contributed by atoms with Gasteiger partial charge in [0.25, 0.3) is 0 Å². The molecular weight excluding hydrogens is 408 g/mol. The van der Waals surface area contributed by atoms with Crippen molar-refractivity contribution in [3.63, 3.8) is 0 Å². The summed E-state index contributed by atoms with van der Waals surface area (Å²) in [6.07, 6.45) is 12.6. The van der Waals surface area contributed by atoms with Crippen LogP contribution < -0.4 is 0 Å². The van der Waals surface area contributed by atoms with E-state index in [9.17, 15) is 15.0 Å². The molecule has 5 aliphatic carbocycles. The van der Waals surface area contributed by atoms with Crippen molar-refractivity contribution < 1.29 is 15.0 Å². The fourth-order valence-corrected chi connectivity index (χ4v) is 10.6. The van der Waals surface area contributed by atoms with Gasteiger partial charge in [-0.1, -0.05) is 60.1 Å². The van der Waals surface area contributed by atoms with Gasteiger partial charge in [-0.05, 0) is 109 Å². The third kappa shape index (κ3) is 2.87. The Morgan fingerprint density at radius 1 is 0.879 bits per heavy atom. The second-order valence-corrected chi connectivity index (χ2v) is 15.1. The molecule has 0 aliphatic heterocycles. The molecule has 8 atom stereocenters. The summed E-state index contributed by atoms with van der Waals surface area (Å²) in [4.78, 5) is 12.8. The average molecular weight is 457 g/mol. The molecule has 33 heavy (non-hydrogen) atoms. The Balaban J connectivity index is 1.60. The third-order valence-electron chi connectivity index (χ3n) is 13.0. The lowest BCUT2D eigenvalue weighted by Gasteiger charge is -2.71. The van der Waals surface area contributed by atoms with E-state index in [1.165, 1.54) is 18.4 Å². The molecule has 3 heteroatoms. The molecule has 186 valence electrons. The number of hydrogen-bond donors (Lipinski definition) is 2. The minimum Gasteiger partial charge on any atom is -0.481 e. The van der Waals surface area contributed by atoms with Gasteiger partial charge in [-0.3, -0.25) is 4.79 Å². The molecule has 0 saturated heterocycles. The number of carboxylic acid groups (broad SMARTS) is 1. The minimum absolute atomic E-state index is 0.0301. The highest BCUT2D eigenvalue weighted by Gasteiger charge is 2.69. The fraction of sp³-hybridized carbons (Fsp3) is 0.900. The number of aliphatic carboxylic acids is 1. The molecule has 4 fully saturated rings. The summed E-state index contributed by atoms with van der Waals surface area (Å²) in [6.45, 7) is 16.9. The SMILES string of the molecule is CC1(C)CC[C@@]2(C(=O)O)CC[C@]3(C)C(=CC[C@@H]4[C@@]5(C)CC[C@@H](O)C(C)(C)[C@@H]5CC[C@]43C)[C@H]2C1. The van der Waals surface area contributed by atoms with Crippen LogP contribution in [0.2, 0.25) is 0 Å². The first kappa shape index (κ1) is 23.9. The van der Waals surface area contributed by atoms with E-state index in [1.54, 1.807) is 0 Å². The third-order valence-corrected chi connectivity index (χ3v) is 13.0. The first-order chi connectivity index (χ1) is 15.1. The van der Waals surface area contributed by atoms with Crippen LogP contribution in [0.4, 0.5) is 0 Å². The van der Waals surface area contributed by atoms with E-state index >= 15 is 0 Å². The van der Waals surface area contributed by atoms with Gasteiger partial charge in [0.2, 0.25) is 0 Å². The molecule has 5 aliphatic rings. The number of aliphatic hydroxyl groups is 1. The van der Waals surface area contributed by atoms with Gasteiger partial charge >= 0.3 is 5.97 Å². The van der Waals surface area contributed by atoms with Gasteiger partial charge in [0, 0.05) is 0 Å². The fourth-order valence-electron chi connectivity index (χ4n) is 10.6. The smallest absolute Gasteiger partial charge is 0.310 e. The standard InChI is InChI=1S/C30H48O3/c1-25(2)14-16-30(24(32)33)17-15-28(6)19(20(30)18-25)8-9-22-27(5)12-11-23(31)26(3,4)21(27)10-13-29(22,28)7/h8,20-23,31H,9-18H2,1-7H3,(H,32,33)/t20-,21+,22-,23-,27+,28-,29-,30-/m1/s1. The van der Waals surface area contributed by atoms with E-state index in [1.807, 2.05) is 0 Å². The summed E-state index contributed by atoms with van der Waals surface area (Å²) in [5.41, 5.74) is 1.68. The molecule has 3 nitrogen and oxygen atoms in total. The second kappa shape index (κ2) is 6.89. The lowest BCUT2D eigenvalue weighted by atomic mass is 9.33. The summed E-state index contributed by atoms with van der Waals surface area (Å²) in [5, 5.41) is 21.4. The van der Waals surface area contributed by atoms with E-state index in [-0.39, 0.29) is 39.1 Å². The predicted molar refractivity (Wildman–Crippen MR) is 133 cm³/mol. The molecule has 0 aromatic heterocycles. The van der Waals surface area contributed by atoms with Gasteiger partial charge in [0.1, 0.15) is 0 Å². The van der Waals surface area contributed by atoms with Gasteiger partial charge in [-0.15, -0.1) is 0 Å². The van der Waals surface area contributed by atoms with Gasteiger partial charge in [0.15, 0.2) is 0 Å². The Kier molecular flexibility index (Phi) is 4.99. The molecule has 2 N–H and O–H groups in total. The van der Waals surface area contributed by atoms with Crippen LogP contribution in [0.3, 0.4) is 0 Å². The summed E-state index contributed by atoms with van der Waals surface area (Å²) < 4.78 is 0. The van der Waals surface area contributed by atoms with Crippen molar-refractivity contribution in [2.45, 2.75) is 119 Å². The van der Waals surface area contributed by atoms with Crippen LogP contribution in [0.15, 0.2) is 11.6 Å². The molecule has 0 spiro atoms. The van der Waals surface area contributed by atoms with E-state index in [0.717, 1.165) is 51.4 Å². The van der Waals surface area contributed by atoms with E-state index in [4.69, 9.17) is 0 Å². The zero-order valence-electron chi connectivity index (χ0n) is 22.3. The van der Waals surface area contributed by atoms with Crippen LogP contribution in [0.1, 0.15) is 113 Å². The second-order valence-electron chi connectivity index (χ2n) is 15.1. The number of allylic oxidation sites excluding steroid dienone is 2. The number of fused-ring (bicyclic) bond motifs is 7. The zero-order valence-corrected chi connectivity index (χ0v) is 22.3. The number of carboxylic acids is 1. The van der Waals surface area contributed by atoms with Gasteiger partial charge in [-0.2, -0.15) is 0 Å². The van der Waals surface area contributed by atoms with Gasteiger partial charge in [0.05, 0.1) is 11.5 Å². The van der Waals surface area contributed by atoms with Crippen LogP contribution in [-0.4, -0.2) is 22.3 Å². The highest BCUT2D eigenvalue weighted by Crippen LogP contribution is 2.75. The van der Waals surface area contributed by atoms with Crippen molar-refractivity contribution in [3.8, 4) is 0 Å². The van der Waals surface area contributed by atoms with Gasteiger partial charge in [-0.25, -0.2) is 0 Å². The average Bonchev–Trinajstić information content (AvgIpc) is 2.71. The largest absolute Gasteiger partial charge is 0.481 e. The topological polar surface area (TPSA) is 57.5 Å². The monoisotopic (exact) mass is 456 g/mol. The number of carbonyl (C=O) groups is 1. The van der Waals surface area contributed by atoms with Crippen LogP contribution in [0.25, 0.3) is 0 Å². The van der Waals surface area contributed by atoms with E-state index in [2.05, 4.69) is 54.5 Å². The van der Waals surface area contributed by atoms with Crippen molar-refractivity contribution in [2.75, 3.05) is 0 Å². The van der Waals surface area contributed by atoms with E-state index in [0.29, 0.717) is 11.8 Å². The highest BCUT2D eigenvalue weighted by molar-refractivity contribution is 5.76. The Hall–Kier alpha value is -0.830. The van der Waals surface area contributed by atoms with Crippen LogP contribution in [-0.2, 0) is 4.79 Å². The predicted octanol–water partition coefficient (Wildman–Crippen LogP) is 7.23. The summed E-state index contributed by atoms with van der Waals surface area (Å²) in [7, 11) is 0. The summed E-state index contributed by atoms with van der Waals surface area (Å²) in [6, 6.07) is 0. The highest BCUT2D eigenvalue weighted by atomic mass is 16.4. The molecule has 0 aromatic rings. The van der Waals surface area contributed by atoms with Crippen LogP contribution in [0.5, 0.6) is 0 Å². The molecule has 4 saturated carbocycles. The Bertz CT molecular complexity index is 885. The van der Waals surface area contributed by atoms with Gasteiger partial charge < -0.3 is 10.2 Å². The van der Waals surface area contributed by atoms with Crippen molar-refractivity contribution in [1.29, 1.82) is 0 Å². The maximum absolute atomic E-state index is 12.8. The molecule has 0 amide bonds. The lowest BCUT2D eigenvalue weighted by molar-refractivity contribution is -0.205. The molecule has 0 radical (unpaired) electrons. The first-order valence-corrected chi connectivity index (χ1v) is 13.8. The molecule has 0 unspecified atom stereocenters. The quantitative estimate of drug-likeness (QED) is 0.409. The number of hydrogen-bond acceptors (Lipinski definition) is 2. The maximum atomic E-state index is 12.8. The van der Waals surface area contributed by atoms with Crippen molar-refractivity contribution in [1.82, 2.24) is 0 Å². The number of aliphatic hydroxyl groups excluding tert-OH is 1. The van der Waals surface area contributed by atoms with Crippen LogP contribution in [0, 0.1) is 50.2 Å². The normalized spacial score (nSPS) is 52.4. The Labute approximate surface area is 201 Å². The lowest BCUT2D eigenvalue weighted by Crippen LogP contribution is -2.65. The first-order valence-electron chi connectivity index (χ1n) is 13.8. The molecule has 0 heterocycles. The van der Waals surface area contributed by atoms with Crippen LogP contribution >= 0.6 is 0 Å².